The minimum atomic E-state index is -1.16. The van der Waals surface area contributed by atoms with Gasteiger partial charge in [-0.2, -0.15) is 11.8 Å². The molecule has 2 N–H and O–H groups in total. The Morgan fingerprint density at radius 3 is 2.90 bits per heavy atom. The van der Waals surface area contributed by atoms with Crippen molar-refractivity contribution >= 4 is 29.1 Å². The van der Waals surface area contributed by atoms with Gasteiger partial charge < -0.3 is 10.4 Å². The number of benzene rings is 1. The molecule has 6 nitrogen and oxygen atoms in total. The number of nitrogens with zero attached hydrogens (tertiary/aromatic N) is 1. The van der Waals surface area contributed by atoms with Crippen LogP contribution in [0.2, 0.25) is 0 Å². The van der Waals surface area contributed by atoms with Crippen molar-refractivity contribution in [2.24, 2.45) is 5.92 Å². The molecule has 0 amide bonds. The van der Waals surface area contributed by atoms with Gasteiger partial charge in [-0.3, -0.25) is 10.1 Å². The summed E-state index contributed by atoms with van der Waals surface area (Å²) in [5.74, 6) is 1.59. The average molecular weight is 296 g/mol. The van der Waals surface area contributed by atoms with Crippen LogP contribution in [-0.2, 0) is 0 Å². The molecule has 1 unspecified atom stereocenters. The lowest BCUT2D eigenvalue weighted by molar-refractivity contribution is -0.385. The molecule has 1 aliphatic rings. The number of carboxylic acids is 1. The molecule has 0 radical (unpaired) electrons. The number of nitrogens with one attached hydrogen (secondary N) is 1. The molecular weight excluding hydrogens is 280 g/mol. The Balaban J connectivity index is 2.25. The summed E-state index contributed by atoms with van der Waals surface area (Å²) in [6.07, 6.45) is 1.12. The van der Waals surface area contributed by atoms with Gasteiger partial charge in [-0.15, -0.1) is 0 Å². The standard InChI is InChI=1S/C13H16N2O4S/c1-8-11(14-6-9-2-3-20-7-9)4-10(13(16)17)5-12(8)15(18)19/h4-5,9,14H,2-3,6-7H2,1H3,(H,16,17). The Labute approximate surface area is 120 Å². The Bertz CT molecular complexity index is 541. The first-order valence-electron chi connectivity index (χ1n) is 6.33. The molecule has 108 valence electrons. The highest BCUT2D eigenvalue weighted by atomic mass is 32.2. The van der Waals surface area contributed by atoms with Gasteiger partial charge in [-0.25, -0.2) is 4.79 Å². The maximum atomic E-state index is 11.0. The lowest BCUT2D eigenvalue weighted by Gasteiger charge is -2.14. The normalized spacial score (nSPS) is 17.9. The summed E-state index contributed by atoms with van der Waals surface area (Å²) in [6, 6.07) is 2.57. The van der Waals surface area contributed by atoms with Crippen molar-refractivity contribution in [1.82, 2.24) is 0 Å². The van der Waals surface area contributed by atoms with E-state index >= 15 is 0 Å². The Morgan fingerprint density at radius 2 is 2.35 bits per heavy atom. The van der Waals surface area contributed by atoms with Crippen LogP contribution in [0.25, 0.3) is 0 Å². The van der Waals surface area contributed by atoms with E-state index in [1.54, 1.807) is 6.92 Å². The first kappa shape index (κ1) is 14.6. The van der Waals surface area contributed by atoms with Crippen LogP contribution in [0.3, 0.4) is 0 Å². The van der Waals surface area contributed by atoms with E-state index in [4.69, 9.17) is 5.11 Å². The second-order valence-corrected chi connectivity index (χ2v) is 5.99. The van der Waals surface area contributed by atoms with E-state index in [0.717, 1.165) is 24.0 Å². The van der Waals surface area contributed by atoms with E-state index in [0.29, 0.717) is 23.7 Å². The number of aromatic carboxylic acids is 1. The van der Waals surface area contributed by atoms with Gasteiger partial charge in [0.25, 0.3) is 5.69 Å². The Morgan fingerprint density at radius 1 is 1.60 bits per heavy atom. The third-order valence-electron chi connectivity index (χ3n) is 3.43. The molecule has 1 saturated heterocycles. The van der Waals surface area contributed by atoms with Crippen molar-refractivity contribution < 1.29 is 14.8 Å². The molecule has 1 fully saturated rings. The lowest BCUT2D eigenvalue weighted by atomic mass is 10.1. The highest BCUT2D eigenvalue weighted by molar-refractivity contribution is 7.99. The summed E-state index contributed by atoms with van der Waals surface area (Å²) in [7, 11) is 0. The zero-order valence-corrected chi connectivity index (χ0v) is 11.9. The van der Waals surface area contributed by atoms with Gasteiger partial charge in [0, 0.05) is 23.9 Å². The Kier molecular flexibility index (Phi) is 4.49. The van der Waals surface area contributed by atoms with Gasteiger partial charge in [0.15, 0.2) is 0 Å². The number of nitro groups is 1. The highest BCUT2D eigenvalue weighted by Gasteiger charge is 2.20. The molecule has 0 aliphatic carbocycles. The number of anilines is 1. The molecule has 20 heavy (non-hydrogen) atoms. The third-order valence-corrected chi connectivity index (χ3v) is 4.66. The molecular formula is C13H16N2O4S. The van der Waals surface area contributed by atoms with Gasteiger partial charge >= 0.3 is 5.97 Å². The van der Waals surface area contributed by atoms with Crippen LogP contribution >= 0.6 is 11.8 Å². The number of hydrogen-bond acceptors (Lipinski definition) is 5. The number of carboxylic acid groups (broad SMARTS) is 1. The van der Waals surface area contributed by atoms with Crippen LogP contribution in [0, 0.1) is 23.0 Å². The first-order valence-corrected chi connectivity index (χ1v) is 7.48. The average Bonchev–Trinajstić information content (AvgIpc) is 2.90. The van der Waals surface area contributed by atoms with Crippen molar-refractivity contribution in [3.05, 3.63) is 33.4 Å². The minimum absolute atomic E-state index is 0.0643. The van der Waals surface area contributed by atoms with Crippen molar-refractivity contribution in [2.45, 2.75) is 13.3 Å². The fourth-order valence-electron chi connectivity index (χ4n) is 2.19. The SMILES string of the molecule is Cc1c(NCC2CCSC2)cc(C(=O)O)cc1[N+](=O)[O-]. The summed E-state index contributed by atoms with van der Waals surface area (Å²) in [5.41, 5.74) is 0.790. The summed E-state index contributed by atoms with van der Waals surface area (Å²) in [4.78, 5) is 21.5. The zero-order chi connectivity index (χ0) is 14.7. The number of carbonyl (C=O) groups is 1. The van der Waals surface area contributed by atoms with Crippen molar-refractivity contribution in [1.29, 1.82) is 0 Å². The summed E-state index contributed by atoms with van der Waals surface area (Å²) >= 11 is 1.90. The maximum Gasteiger partial charge on any atom is 0.336 e. The Hall–Kier alpha value is -1.76. The van der Waals surface area contributed by atoms with Crippen LogP contribution in [0.4, 0.5) is 11.4 Å². The first-order chi connectivity index (χ1) is 9.49. The minimum Gasteiger partial charge on any atom is -0.478 e. The third kappa shape index (κ3) is 3.22. The van der Waals surface area contributed by atoms with Gasteiger partial charge in [0.1, 0.15) is 0 Å². The summed E-state index contributed by atoms with van der Waals surface area (Å²) < 4.78 is 0. The highest BCUT2D eigenvalue weighted by Crippen LogP contribution is 2.29. The fraction of sp³-hybridized carbons (Fsp3) is 0.462. The topological polar surface area (TPSA) is 92.5 Å². The predicted molar refractivity (Wildman–Crippen MR) is 78.7 cm³/mol. The summed E-state index contributed by atoms with van der Waals surface area (Å²) in [5, 5.41) is 23.2. The van der Waals surface area contributed by atoms with E-state index in [2.05, 4.69) is 5.32 Å². The second kappa shape index (κ2) is 6.13. The number of rotatable bonds is 5. The molecule has 0 aromatic heterocycles. The molecule has 2 rings (SSSR count). The zero-order valence-electron chi connectivity index (χ0n) is 11.1. The van der Waals surface area contributed by atoms with Gasteiger partial charge in [-0.05, 0) is 36.8 Å². The second-order valence-electron chi connectivity index (χ2n) is 4.84. The molecule has 0 saturated carbocycles. The lowest BCUT2D eigenvalue weighted by Crippen LogP contribution is -2.15. The molecule has 1 aliphatic heterocycles. The van der Waals surface area contributed by atoms with Gasteiger partial charge in [0.2, 0.25) is 0 Å². The maximum absolute atomic E-state index is 11.0. The quantitative estimate of drug-likeness (QED) is 0.641. The van der Waals surface area contributed by atoms with Crippen LogP contribution in [0.5, 0.6) is 0 Å². The summed E-state index contributed by atoms with van der Waals surface area (Å²) in [6.45, 7) is 2.35. The van der Waals surface area contributed by atoms with E-state index in [1.807, 2.05) is 11.8 Å². The number of hydrogen-bond donors (Lipinski definition) is 2. The predicted octanol–water partition coefficient (Wildman–Crippen LogP) is 2.77. The van der Waals surface area contributed by atoms with E-state index in [-0.39, 0.29) is 11.3 Å². The van der Waals surface area contributed by atoms with Crippen LogP contribution in [-0.4, -0.2) is 34.0 Å². The van der Waals surface area contributed by atoms with E-state index in [1.165, 1.54) is 6.07 Å². The fourth-order valence-corrected chi connectivity index (χ4v) is 3.48. The van der Waals surface area contributed by atoms with Crippen molar-refractivity contribution in [3.63, 3.8) is 0 Å². The van der Waals surface area contributed by atoms with Gasteiger partial charge in [0.05, 0.1) is 10.5 Å². The smallest absolute Gasteiger partial charge is 0.336 e. The van der Waals surface area contributed by atoms with Crippen molar-refractivity contribution in [2.75, 3.05) is 23.4 Å². The van der Waals surface area contributed by atoms with E-state index in [9.17, 15) is 14.9 Å². The molecule has 0 spiro atoms. The monoisotopic (exact) mass is 296 g/mol. The van der Waals surface area contributed by atoms with Crippen LogP contribution < -0.4 is 5.32 Å². The number of nitro benzene ring substituents is 1. The number of thioether (sulfide) groups is 1. The molecule has 1 atom stereocenters. The van der Waals surface area contributed by atoms with E-state index < -0.39 is 10.9 Å². The van der Waals surface area contributed by atoms with Crippen LogP contribution in [0.1, 0.15) is 22.3 Å². The van der Waals surface area contributed by atoms with Crippen LogP contribution in [0.15, 0.2) is 12.1 Å². The molecule has 0 bridgehead atoms. The molecule has 7 heteroatoms. The molecule has 1 aromatic rings. The van der Waals surface area contributed by atoms with Gasteiger partial charge in [-0.1, -0.05) is 0 Å². The molecule has 1 aromatic carbocycles. The largest absolute Gasteiger partial charge is 0.478 e. The molecule has 1 heterocycles. The van der Waals surface area contributed by atoms with Crippen molar-refractivity contribution in [3.8, 4) is 0 Å².